The molecule has 0 fully saturated rings. The van der Waals surface area contributed by atoms with Gasteiger partial charge < -0.3 is 4.57 Å². The van der Waals surface area contributed by atoms with Crippen molar-refractivity contribution in [2.75, 3.05) is 0 Å². The quantitative estimate of drug-likeness (QED) is 0.159. The van der Waals surface area contributed by atoms with E-state index < -0.39 is 72.2 Å². The topological polar surface area (TPSA) is 4.93 Å². The van der Waals surface area contributed by atoms with Crippen LogP contribution >= 0.6 is 0 Å². The van der Waals surface area contributed by atoms with Gasteiger partial charge in [0.1, 0.15) is 0 Å². The summed E-state index contributed by atoms with van der Waals surface area (Å²) < 4.78 is 110. The van der Waals surface area contributed by atoms with Crippen LogP contribution < -0.4 is 0 Å². The first kappa shape index (κ1) is 21.6. The Bertz CT molecular complexity index is 4230. The van der Waals surface area contributed by atoms with Crippen LogP contribution in [-0.4, -0.2) is 4.57 Å². The number of aromatic nitrogens is 1. The molecule has 0 N–H and O–H groups in total. The van der Waals surface area contributed by atoms with Crippen LogP contribution in [0.3, 0.4) is 0 Å². The fourth-order valence-corrected chi connectivity index (χ4v) is 9.29. The van der Waals surface area contributed by atoms with Crippen LogP contribution in [0.1, 0.15) is 16.4 Å². The van der Waals surface area contributed by atoms with Gasteiger partial charge in [0.25, 0.3) is 0 Å². The minimum atomic E-state index is -0.690. The molecule has 262 valence electrons. The van der Waals surface area contributed by atoms with Crippen molar-refractivity contribution in [3.8, 4) is 39.1 Å². The standard InChI is InChI=1S/C56H33N/c1-2-12-44(13-3-1)57-51-15-5-4-14-47(51)50-33-40(24-29-52(50)57)41-30-42(45-25-20-38-18-16-34-8-6-10-36-22-27-48(45)55(38)53(34)36)32-43(31-41)46-26-21-39-19-17-35-9-7-11-37-23-28-49(46)56(39)54(35)37/h1-33H/i1D,2D,3D,4D,5D,12D,13D,14D,15D,24D,29D,33D. The number of benzene rings is 12. The van der Waals surface area contributed by atoms with Crippen molar-refractivity contribution in [1.29, 1.82) is 0 Å². The minimum Gasteiger partial charge on any atom is -0.309 e. The molecule has 57 heavy (non-hydrogen) atoms. The highest BCUT2D eigenvalue weighted by Crippen LogP contribution is 2.45. The molecule has 13 aromatic rings. The van der Waals surface area contributed by atoms with E-state index in [1.54, 1.807) is 0 Å². The van der Waals surface area contributed by atoms with Crippen molar-refractivity contribution >= 4 is 86.4 Å². The van der Waals surface area contributed by atoms with Crippen LogP contribution in [0.15, 0.2) is 200 Å². The van der Waals surface area contributed by atoms with E-state index in [4.69, 9.17) is 11.0 Å². The van der Waals surface area contributed by atoms with Crippen LogP contribution in [0.4, 0.5) is 0 Å². The van der Waals surface area contributed by atoms with E-state index in [0.717, 1.165) is 91.5 Å². The van der Waals surface area contributed by atoms with Crippen molar-refractivity contribution in [2.45, 2.75) is 0 Å². The average Bonchev–Trinajstić information content (AvgIpc) is 3.72. The van der Waals surface area contributed by atoms with Gasteiger partial charge in [-0.15, -0.1) is 0 Å². The van der Waals surface area contributed by atoms with Crippen LogP contribution in [0.5, 0.6) is 0 Å². The maximum Gasteiger partial charge on any atom is 0.0645 e. The lowest BCUT2D eigenvalue weighted by atomic mass is 9.86. The van der Waals surface area contributed by atoms with Crippen molar-refractivity contribution in [1.82, 2.24) is 4.57 Å². The van der Waals surface area contributed by atoms with E-state index in [0.29, 0.717) is 5.56 Å². The first-order valence-corrected chi connectivity index (χ1v) is 18.9. The largest absolute Gasteiger partial charge is 0.309 e. The van der Waals surface area contributed by atoms with Gasteiger partial charge in [0.2, 0.25) is 0 Å². The lowest BCUT2D eigenvalue weighted by molar-refractivity contribution is 1.18. The Morgan fingerprint density at radius 1 is 0.333 bits per heavy atom. The van der Waals surface area contributed by atoms with E-state index in [9.17, 15) is 5.48 Å². The number of hydrogen-bond acceptors (Lipinski definition) is 0. The highest BCUT2D eigenvalue weighted by atomic mass is 15.0. The van der Waals surface area contributed by atoms with Crippen LogP contribution in [0.25, 0.3) is 126 Å². The Labute approximate surface area is 345 Å². The summed E-state index contributed by atoms with van der Waals surface area (Å²) in [6.45, 7) is 0. The normalized spacial score (nSPS) is 15.2. The Morgan fingerprint density at radius 2 is 0.807 bits per heavy atom. The number of hydrogen-bond donors (Lipinski definition) is 0. The second-order valence-corrected chi connectivity index (χ2v) is 14.7. The molecule has 13 rings (SSSR count). The van der Waals surface area contributed by atoms with Gasteiger partial charge in [-0.1, -0.05) is 151 Å². The van der Waals surface area contributed by atoms with E-state index in [1.807, 2.05) is 12.1 Å². The molecule has 0 unspecified atom stereocenters. The molecule has 0 aliphatic carbocycles. The van der Waals surface area contributed by atoms with Gasteiger partial charge >= 0.3 is 0 Å². The van der Waals surface area contributed by atoms with Gasteiger partial charge in [0.05, 0.1) is 27.5 Å². The number of nitrogens with zero attached hydrogens (tertiary/aromatic N) is 1. The van der Waals surface area contributed by atoms with Crippen molar-refractivity contribution < 1.29 is 16.4 Å². The average molecular weight is 732 g/mol. The second kappa shape index (κ2) is 11.5. The number of para-hydroxylation sites is 2. The Kier molecular flexibility index (Phi) is 4.36. The van der Waals surface area contributed by atoms with Gasteiger partial charge in [0, 0.05) is 16.5 Å². The SMILES string of the molecule is [2H]c1c([2H])c([2H])c(-n2c3c([2H])c([2H])c([2H])c([2H])c3c3c([2H])c(-c4cc(-c5ccc6ccc7cccc8ccc5c6c78)cc(-c5ccc6ccc7cccc8ccc5c6c78)c4)c([2H])c([2H])c32)c([2H])c1[2H]. The fraction of sp³-hybridized carbons (Fsp3) is 0. The molecule has 0 atom stereocenters. The van der Waals surface area contributed by atoms with Gasteiger partial charge in [-0.2, -0.15) is 0 Å². The smallest absolute Gasteiger partial charge is 0.0645 e. The maximum absolute atomic E-state index is 10.1. The third-order valence-corrected chi connectivity index (χ3v) is 11.8. The van der Waals surface area contributed by atoms with Gasteiger partial charge in [-0.25, -0.2) is 0 Å². The predicted molar refractivity (Wildman–Crippen MR) is 244 cm³/mol. The molecule has 1 heterocycles. The van der Waals surface area contributed by atoms with Crippen molar-refractivity contribution in [2.24, 2.45) is 0 Å². The zero-order valence-corrected chi connectivity index (χ0v) is 30.1. The van der Waals surface area contributed by atoms with E-state index in [2.05, 4.69) is 115 Å². The predicted octanol–water partition coefficient (Wildman–Crippen LogP) is 15.6. The van der Waals surface area contributed by atoms with Crippen molar-refractivity contribution in [3.63, 3.8) is 0 Å². The lowest BCUT2D eigenvalue weighted by Crippen LogP contribution is -1.93. The monoisotopic (exact) mass is 731 g/mol. The second-order valence-electron chi connectivity index (χ2n) is 14.7. The molecule has 12 aromatic carbocycles. The van der Waals surface area contributed by atoms with Gasteiger partial charge in [0.15, 0.2) is 0 Å². The summed E-state index contributed by atoms with van der Waals surface area (Å²) in [6.07, 6.45) is 0. The van der Waals surface area contributed by atoms with E-state index in [1.165, 1.54) is 0 Å². The summed E-state index contributed by atoms with van der Waals surface area (Å²) >= 11 is 0. The zero-order chi connectivity index (χ0) is 47.6. The minimum absolute atomic E-state index is 0.0264. The molecular formula is C56H33N. The molecule has 0 aliphatic rings. The molecule has 0 bridgehead atoms. The Morgan fingerprint density at radius 3 is 1.40 bits per heavy atom. The van der Waals surface area contributed by atoms with Crippen LogP contribution in [0, 0.1) is 0 Å². The number of fused-ring (bicyclic) bond motifs is 3. The first-order valence-electron chi connectivity index (χ1n) is 24.9. The zero-order valence-electron chi connectivity index (χ0n) is 42.1. The molecule has 0 saturated carbocycles. The summed E-state index contributed by atoms with van der Waals surface area (Å²) in [5.74, 6) is 0. The van der Waals surface area contributed by atoms with Gasteiger partial charge in [-0.05, 0) is 146 Å². The van der Waals surface area contributed by atoms with E-state index in [-0.39, 0.29) is 33.4 Å². The van der Waals surface area contributed by atoms with Crippen LogP contribution in [0.2, 0.25) is 0 Å². The maximum atomic E-state index is 10.1. The molecule has 0 spiro atoms. The Hall–Kier alpha value is -7.48. The van der Waals surface area contributed by atoms with E-state index >= 15 is 0 Å². The molecule has 0 aliphatic heterocycles. The summed E-state index contributed by atoms with van der Waals surface area (Å²) in [6, 6.07) is 36.9. The highest BCUT2D eigenvalue weighted by molar-refractivity contribution is 6.27. The first-order chi connectivity index (χ1) is 33.2. The molecule has 0 radical (unpaired) electrons. The lowest BCUT2D eigenvalue weighted by Gasteiger charge is -2.18. The summed E-state index contributed by atoms with van der Waals surface area (Å²) in [5.41, 5.74) is 2.82. The fourth-order valence-electron chi connectivity index (χ4n) is 9.29. The molecule has 1 heteroatoms. The summed E-state index contributed by atoms with van der Waals surface area (Å²) in [7, 11) is 0. The number of rotatable bonds is 4. The third-order valence-electron chi connectivity index (χ3n) is 11.8. The molecule has 0 amide bonds. The summed E-state index contributed by atoms with van der Waals surface area (Å²) in [5, 5.41) is 12.8. The Balaban J connectivity index is 1.17. The molecule has 0 saturated heterocycles. The highest BCUT2D eigenvalue weighted by Gasteiger charge is 2.18. The molecule has 1 aromatic heterocycles. The van der Waals surface area contributed by atoms with Crippen LogP contribution in [-0.2, 0) is 0 Å². The molecule has 1 nitrogen and oxygen atoms in total. The summed E-state index contributed by atoms with van der Waals surface area (Å²) in [4.78, 5) is 0. The third kappa shape index (κ3) is 4.40. The van der Waals surface area contributed by atoms with Gasteiger partial charge in [-0.3, -0.25) is 0 Å². The molecular weight excluding hydrogens is 687 g/mol. The van der Waals surface area contributed by atoms with Crippen molar-refractivity contribution in [3.05, 3.63) is 200 Å².